The zero-order valence-electron chi connectivity index (χ0n) is 16.7. The lowest BCUT2D eigenvalue weighted by Gasteiger charge is -2.26. The fourth-order valence-electron chi connectivity index (χ4n) is 3.99. The Bertz CT molecular complexity index is 1340. The molecule has 0 saturated carbocycles. The molecule has 3 heterocycles. The first kappa shape index (κ1) is 20.2. The number of aliphatic hydroxyl groups is 1. The summed E-state index contributed by atoms with van der Waals surface area (Å²) in [5, 5.41) is 11.6. The van der Waals surface area contributed by atoms with E-state index in [0.717, 1.165) is 15.4 Å². The second kappa shape index (κ2) is 8.09. The minimum absolute atomic E-state index is 0.00366. The summed E-state index contributed by atoms with van der Waals surface area (Å²) in [5.74, 6) is -1.63. The normalized spacial score (nSPS) is 16.2. The second-order valence-electron chi connectivity index (χ2n) is 7.49. The summed E-state index contributed by atoms with van der Waals surface area (Å²) in [6.45, 7) is 0.185. The highest BCUT2D eigenvalue weighted by atomic mass is 79.9. The lowest BCUT2D eigenvalue weighted by atomic mass is 9.95. The fourth-order valence-corrected chi connectivity index (χ4v) is 4.40. The Morgan fingerprint density at radius 1 is 1.09 bits per heavy atom. The summed E-state index contributed by atoms with van der Waals surface area (Å²) < 4.78 is 6.54. The van der Waals surface area contributed by atoms with Gasteiger partial charge in [-0.05, 0) is 41.5 Å². The molecule has 0 spiro atoms. The van der Waals surface area contributed by atoms with Crippen LogP contribution in [-0.2, 0) is 11.3 Å². The molecule has 0 radical (unpaired) electrons. The predicted octanol–water partition coefficient (Wildman–Crippen LogP) is 5.37. The van der Waals surface area contributed by atoms with E-state index >= 15 is 0 Å². The number of Topliss-reactive ketones (excluding diaryl/α,β-unsaturated/α-hetero) is 1. The van der Waals surface area contributed by atoms with Crippen LogP contribution in [0.1, 0.15) is 27.7 Å². The van der Waals surface area contributed by atoms with Gasteiger partial charge in [0.2, 0.25) is 5.78 Å². The van der Waals surface area contributed by atoms with E-state index in [9.17, 15) is 14.7 Å². The maximum absolute atomic E-state index is 13.5. The third kappa shape index (κ3) is 3.50. The van der Waals surface area contributed by atoms with Gasteiger partial charge >= 0.3 is 0 Å². The van der Waals surface area contributed by atoms with Gasteiger partial charge in [0.25, 0.3) is 5.91 Å². The number of hydrogen-bond donors (Lipinski definition) is 1. The fraction of sp³-hybridized carbons (Fsp3) is 0.0800. The largest absolute Gasteiger partial charge is 0.503 e. The average Bonchev–Trinajstić information content (AvgIpc) is 3.34. The summed E-state index contributed by atoms with van der Waals surface area (Å²) in [5.41, 5.74) is 2.04. The molecule has 0 fully saturated rings. The number of aromatic nitrogens is 1. The summed E-state index contributed by atoms with van der Waals surface area (Å²) in [4.78, 5) is 32.2. The molecule has 158 valence electrons. The molecule has 5 rings (SSSR count). The summed E-state index contributed by atoms with van der Waals surface area (Å²) in [7, 11) is 0. The van der Waals surface area contributed by atoms with Crippen molar-refractivity contribution in [2.75, 3.05) is 0 Å². The van der Waals surface area contributed by atoms with E-state index in [2.05, 4.69) is 20.9 Å². The molecule has 1 atom stereocenters. The van der Waals surface area contributed by atoms with E-state index in [1.165, 1.54) is 4.90 Å². The van der Waals surface area contributed by atoms with Crippen LogP contribution in [0.5, 0.6) is 0 Å². The van der Waals surface area contributed by atoms with Crippen LogP contribution in [0.25, 0.3) is 11.0 Å². The van der Waals surface area contributed by atoms with E-state index < -0.39 is 23.5 Å². The molecular weight excluding hydrogens is 472 g/mol. The van der Waals surface area contributed by atoms with Crippen molar-refractivity contribution in [1.82, 2.24) is 9.88 Å². The molecule has 0 bridgehead atoms. The molecule has 32 heavy (non-hydrogen) atoms. The highest BCUT2D eigenvalue weighted by Gasteiger charge is 2.44. The number of halogens is 1. The Morgan fingerprint density at radius 2 is 1.94 bits per heavy atom. The van der Waals surface area contributed by atoms with Crippen molar-refractivity contribution in [2.24, 2.45) is 0 Å². The third-order valence-corrected chi connectivity index (χ3v) is 5.93. The number of amides is 1. The topological polar surface area (TPSA) is 83.6 Å². The van der Waals surface area contributed by atoms with Crippen LogP contribution in [0.2, 0.25) is 0 Å². The molecule has 6 nitrogen and oxygen atoms in total. The van der Waals surface area contributed by atoms with Crippen molar-refractivity contribution in [3.63, 3.8) is 0 Å². The zero-order valence-corrected chi connectivity index (χ0v) is 18.3. The van der Waals surface area contributed by atoms with Crippen LogP contribution in [0, 0.1) is 0 Å². The van der Waals surface area contributed by atoms with Gasteiger partial charge in [-0.3, -0.25) is 14.6 Å². The zero-order chi connectivity index (χ0) is 22.2. The summed E-state index contributed by atoms with van der Waals surface area (Å²) in [6.07, 6.45) is 3.30. The molecule has 4 aromatic rings. The minimum atomic E-state index is -0.777. The Hall–Kier alpha value is -3.71. The first-order chi connectivity index (χ1) is 15.5. The van der Waals surface area contributed by atoms with Crippen LogP contribution in [0.4, 0.5) is 0 Å². The molecule has 1 amide bonds. The van der Waals surface area contributed by atoms with Gasteiger partial charge in [0.1, 0.15) is 5.58 Å². The van der Waals surface area contributed by atoms with E-state index in [1.807, 2.05) is 48.5 Å². The molecule has 7 heteroatoms. The first-order valence-electron chi connectivity index (χ1n) is 9.94. The highest BCUT2D eigenvalue weighted by molar-refractivity contribution is 9.10. The van der Waals surface area contributed by atoms with Gasteiger partial charge in [0, 0.05) is 28.8 Å². The molecule has 2 aromatic heterocycles. The molecule has 2 aromatic carbocycles. The van der Waals surface area contributed by atoms with Gasteiger partial charge in [-0.25, -0.2) is 0 Å². The quantitative estimate of drug-likeness (QED) is 0.381. The van der Waals surface area contributed by atoms with Crippen molar-refractivity contribution in [3.8, 4) is 0 Å². The number of fused-ring (bicyclic) bond motifs is 1. The number of carbonyl (C=O) groups is 2. The SMILES string of the molecule is O=C(C1=C(O)C(=O)N(Cc2cccnc2)C1c1cccc(Br)c1)c1cc2ccccc2o1. The van der Waals surface area contributed by atoms with Crippen LogP contribution < -0.4 is 0 Å². The maximum Gasteiger partial charge on any atom is 0.290 e. The van der Waals surface area contributed by atoms with Crippen molar-refractivity contribution in [1.29, 1.82) is 0 Å². The lowest BCUT2D eigenvalue weighted by molar-refractivity contribution is -0.130. The van der Waals surface area contributed by atoms with E-state index in [4.69, 9.17) is 4.42 Å². The predicted molar refractivity (Wildman–Crippen MR) is 122 cm³/mol. The average molecular weight is 489 g/mol. The summed E-state index contributed by atoms with van der Waals surface area (Å²) >= 11 is 3.46. The Balaban J connectivity index is 1.61. The molecular formula is C25H17BrN2O4. The highest BCUT2D eigenvalue weighted by Crippen LogP contribution is 2.41. The Morgan fingerprint density at radius 3 is 2.69 bits per heavy atom. The second-order valence-corrected chi connectivity index (χ2v) is 8.41. The Kier molecular flexibility index (Phi) is 5.11. The number of benzene rings is 2. The van der Waals surface area contributed by atoms with E-state index in [-0.39, 0.29) is 17.9 Å². The van der Waals surface area contributed by atoms with Gasteiger partial charge in [-0.2, -0.15) is 0 Å². The number of carbonyl (C=O) groups excluding carboxylic acids is 2. The maximum atomic E-state index is 13.5. The van der Waals surface area contributed by atoms with Gasteiger partial charge < -0.3 is 14.4 Å². The number of pyridine rings is 1. The monoisotopic (exact) mass is 488 g/mol. The molecule has 1 unspecified atom stereocenters. The van der Waals surface area contributed by atoms with Crippen LogP contribution in [0.15, 0.2) is 99.3 Å². The molecule has 0 aliphatic carbocycles. The number of hydrogen-bond acceptors (Lipinski definition) is 5. The van der Waals surface area contributed by atoms with Crippen LogP contribution >= 0.6 is 15.9 Å². The van der Waals surface area contributed by atoms with Crippen LogP contribution in [0.3, 0.4) is 0 Å². The number of para-hydroxylation sites is 1. The number of nitrogens with zero attached hydrogens (tertiary/aromatic N) is 2. The van der Waals surface area contributed by atoms with Gasteiger partial charge in [-0.15, -0.1) is 0 Å². The van der Waals surface area contributed by atoms with Crippen molar-refractivity contribution >= 4 is 38.6 Å². The number of ketones is 1. The number of aliphatic hydroxyl groups excluding tert-OH is 1. The van der Waals surface area contributed by atoms with E-state index in [0.29, 0.717) is 11.1 Å². The smallest absolute Gasteiger partial charge is 0.290 e. The molecule has 1 aliphatic rings. The lowest BCUT2D eigenvalue weighted by Crippen LogP contribution is -2.30. The van der Waals surface area contributed by atoms with Crippen molar-refractivity contribution in [2.45, 2.75) is 12.6 Å². The van der Waals surface area contributed by atoms with Gasteiger partial charge in [0.15, 0.2) is 11.5 Å². The van der Waals surface area contributed by atoms with Crippen molar-refractivity contribution < 1.29 is 19.1 Å². The molecule has 1 N–H and O–H groups in total. The van der Waals surface area contributed by atoms with Crippen molar-refractivity contribution in [3.05, 3.63) is 112 Å². The van der Waals surface area contributed by atoms with E-state index in [1.54, 1.807) is 30.6 Å². The third-order valence-electron chi connectivity index (χ3n) is 5.44. The molecule has 1 aliphatic heterocycles. The Labute approximate surface area is 191 Å². The summed E-state index contributed by atoms with van der Waals surface area (Å²) in [6, 6.07) is 19.1. The standard InChI is InChI=1S/C25H17BrN2O4/c26-18-8-3-7-17(11-18)22-21(23(29)20-12-16-6-1-2-9-19(16)32-20)24(30)25(31)28(22)14-15-5-4-10-27-13-15/h1-13,22,30H,14H2. The number of rotatable bonds is 5. The first-order valence-corrected chi connectivity index (χ1v) is 10.7. The van der Waals surface area contributed by atoms with Crippen LogP contribution in [-0.4, -0.2) is 26.7 Å². The van der Waals surface area contributed by atoms with Gasteiger partial charge in [-0.1, -0.05) is 52.3 Å². The number of furan rings is 1. The molecule has 0 saturated heterocycles. The van der Waals surface area contributed by atoms with Gasteiger partial charge in [0.05, 0.1) is 11.6 Å². The minimum Gasteiger partial charge on any atom is -0.503 e.